The first-order valence-corrected chi connectivity index (χ1v) is 8.25. The SMILES string of the molecule is CN(C)CCOc1cncc(N2CCc3cc(Cl)ccc3C2=O)c1. The van der Waals surface area contributed by atoms with Crippen LogP contribution in [0, 0.1) is 0 Å². The molecule has 0 saturated carbocycles. The summed E-state index contributed by atoms with van der Waals surface area (Å²) in [7, 11) is 3.99. The van der Waals surface area contributed by atoms with Crippen LogP contribution in [-0.2, 0) is 6.42 Å². The van der Waals surface area contributed by atoms with Gasteiger partial charge in [-0.05, 0) is 44.3 Å². The predicted molar refractivity (Wildman–Crippen MR) is 95.1 cm³/mol. The van der Waals surface area contributed by atoms with Crippen molar-refractivity contribution in [3.05, 3.63) is 52.8 Å². The summed E-state index contributed by atoms with van der Waals surface area (Å²) in [6.07, 6.45) is 4.13. The summed E-state index contributed by atoms with van der Waals surface area (Å²) in [5.74, 6) is 0.643. The Labute approximate surface area is 146 Å². The summed E-state index contributed by atoms with van der Waals surface area (Å²) in [5.41, 5.74) is 2.45. The summed E-state index contributed by atoms with van der Waals surface area (Å²) in [5, 5.41) is 0.660. The van der Waals surface area contributed by atoms with Crippen LogP contribution in [0.3, 0.4) is 0 Å². The van der Waals surface area contributed by atoms with E-state index in [1.807, 2.05) is 31.1 Å². The highest BCUT2D eigenvalue weighted by Crippen LogP contribution is 2.27. The number of aromatic nitrogens is 1. The second-order valence-corrected chi connectivity index (χ2v) is 6.48. The molecular formula is C18H20ClN3O2. The van der Waals surface area contributed by atoms with Gasteiger partial charge in [0.1, 0.15) is 12.4 Å². The van der Waals surface area contributed by atoms with Gasteiger partial charge in [0.25, 0.3) is 5.91 Å². The maximum Gasteiger partial charge on any atom is 0.258 e. The summed E-state index contributed by atoms with van der Waals surface area (Å²) in [6, 6.07) is 7.27. The Morgan fingerprint density at radius 2 is 2.12 bits per heavy atom. The van der Waals surface area contributed by atoms with Crippen LogP contribution in [-0.4, -0.2) is 49.6 Å². The van der Waals surface area contributed by atoms with Crippen molar-refractivity contribution < 1.29 is 9.53 Å². The fourth-order valence-corrected chi connectivity index (χ4v) is 2.88. The van der Waals surface area contributed by atoms with Gasteiger partial charge in [-0.25, -0.2) is 0 Å². The molecule has 1 aromatic carbocycles. The quantitative estimate of drug-likeness (QED) is 0.836. The molecule has 1 aromatic heterocycles. The number of amides is 1. The Hall–Kier alpha value is -2.11. The second kappa shape index (κ2) is 7.20. The lowest BCUT2D eigenvalue weighted by atomic mass is 9.99. The summed E-state index contributed by atoms with van der Waals surface area (Å²) in [4.78, 5) is 20.7. The minimum absolute atomic E-state index is 0.0276. The summed E-state index contributed by atoms with van der Waals surface area (Å²) in [6.45, 7) is 2.00. The van der Waals surface area contributed by atoms with E-state index in [0.29, 0.717) is 29.5 Å². The van der Waals surface area contributed by atoms with Crippen LogP contribution < -0.4 is 9.64 Å². The highest BCUT2D eigenvalue weighted by molar-refractivity contribution is 6.30. The number of rotatable bonds is 5. The van der Waals surface area contributed by atoms with E-state index in [9.17, 15) is 4.79 Å². The van der Waals surface area contributed by atoms with E-state index in [0.717, 1.165) is 24.2 Å². The molecule has 6 heteroatoms. The number of anilines is 1. The highest BCUT2D eigenvalue weighted by Gasteiger charge is 2.26. The summed E-state index contributed by atoms with van der Waals surface area (Å²) < 4.78 is 5.71. The third-order valence-corrected chi connectivity index (χ3v) is 4.20. The van der Waals surface area contributed by atoms with Gasteiger partial charge in [0.05, 0.1) is 18.1 Å². The lowest BCUT2D eigenvalue weighted by Gasteiger charge is -2.28. The molecule has 24 heavy (non-hydrogen) atoms. The van der Waals surface area contributed by atoms with Crippen molar-refractivity contribution in [1.82, 2.24) is 9.88 Å². The van der Waals surface area contributed by atoms with Crippen molar-refractivity contribution in [3.63, 3.8) is 0 Å². The minimum Gasteiger partial charge on any atom is -0.491 e. The monoisotopic (exact) mass is 345 g/mol. The number of ether oxygens (including phenoxy) is 1. The number of nitrogens with zero attached hydrogens (tertiary/aromatic N) is 3. The number of hydrogen-bond acceptors (Lipinski definition) is 4. The smallest absolute Gasteiger partial charge is 0.258 e. The maximum absolute atomic E-state index is 12.8. The molecule has 5 nitrogen and oxygen atoms in total. The number of fused-ring (bicyclic) bond motifs is 1. The third kappa shape index (κ3) is 3.68. The molecule has 0 saturated heterocycles. The van der Waals surface area contributed by atoms with Gasteiger partial charge in [0.15, 0.2) is 0 Å². The molecule has 2 heterocycles. The zero-order valence-corrected chi connectivity index (χ0v) is 14.6. The number of carbonyl (C=O) groups excluding carboxylic acids is 1. The van der Waals surface area contributed by atoms with Gasteiger partial charge in [-0.1, -0.05) is 11.6 Å². The number of carbonyl (C=O) groups is 1. The van der Waals surface area contributed by atoms with Crippen LogP contribution in [0.15, 0.2) is 36.7 Å². The van der Waals surface area contributed by atoms with Crippen molar-refractivity contribution in [2.45, 2.75) is 6.42 Å². The van der Waals surface area contributed by atoms with Crippen LogP contribution in [0.4, 0.5) is 5.69 Å². The lowest BCUT2D eigenvalue weighted by Crippen LogP contribution is -2.37. The number of likely N-dealkylation sites (N-methyl/N-ethyl adjacent to an activating group) is 1. The molecule has 2 aromatic rings. The van der Waals surface area contributed by atoms with Crippen molar-refractivity contribution in [2.75, 3.05) is 38.7 Å². The fourth-order valence-electron chi connectivity index (χ4n) is 2.68. The van der Waals surface area contributed by atoms with Gasteiger partial charge in [0, 0.05) is 29.7 Å². The molecule has 0 N–H and O–H groups in total. The van der Waals surface area contributed by atoms with E-state index in [1.54, 1.807) is 29.4 Å². The molecule has 126 valence electrons. The number of halogens is 1. The Morgan fingerprint density at radius 3 is 2.92 bits per heavy atom. The highest BCUT2D eigenvalue weighted by atomic mass is 35.5. The predicted octanol–water partition coefficient (Wildman–Crippen LogP) is 2.88. The van der Waals surface area contributed by atoms with E-state index in [1.165, 1.54) is 0 Å². The van der Waals surface area contributed by atoms with E-state index >= 15 is 0 Å². The number of benzene rings is 1. The summed E-state index contributed by atoms with van der Waals surface area (Å²) >= 11 is 6.01. The largest absolute Gasteiger partial charge is 0.491 e. The fraction of sp³-hybridized carbons (Fsp3) is 0.333. The van der Waals surface area contributed by atoms with Crippen LogP contribution in [0.25, 0.3) is 0 Å². The molecule has 1 aliphatic rings. The lowest BCUT2D eigenvalue weighted by molar-refractivity contribution is 0.0980. The Morgan fingerprint density at radius 1 is 1.29 bits per heavy atom. The van der Waals surface area contributed by atoms with E-state index in [-0.39, 0.29) is 5.91 Å². The Kier molecular flexibility index (Phi) is 5.02. The van der Waals surface area contributed by atoms with Crippen LogP contribution in [0.2, 0.25) is 5.02 Å². The molecule has 0 aliphatic carbocycles. The first kappa shape index (κ1) is 16.7. The van der Waals surface area contributed by atoms with Crippen molar-refractivity contribution in [2.24, 2.45) is 0 Å². The van der Waals surface area contributed by atoms with Gasteiger partial charge < -0.3 is 14.5 Å². The number of hydrogen-bond donors (Lipinski definition) is 0. The van der Waals surface area contributed by atoms with Gasteiger partial charge in [-0.2, -0.15) is 0 Å². The topological polar surface area (TPSA) is 45.7 Å². The minimum atomic E-state index is -0.0276. The van der Waals surface area contributed by atoms with Crippen LogP contribution in [0.1, 0.15) is 15.9 Å². The average molecular weight is 346 g/mol. The van der Waals surface area contributed by atoms with Crippen molar-refractivity contribution >= 4 is 23.2 Å². The zero-order chi connectivity index (χ0) is 17.1. The molecular weight excluding hydrogens is 326 g/mol. The molecule has 0 radical (unpaired) electrons. The van der Waals surface area contributed by atoms with Crippen molar-refractivity contribution in [3.8, 4) is 5.75 Å². The standard InChI is InChI=1S/C18H20ClN3O2/c1-21(2)7-8-24-16-10-15(11-20-12-16)22-6-5-13-9-14(19)3-4-17(13)18(22)23/h3-4,9-12H,5-8H2,1-2H3. The molecule has 1 aliphatic heterocycles. The van der Waals surface area contributed by atoms with Gasteiger partial charge in [0.2, 0.25) is 0 Å². The average Bonchev–Trinajstić information content (AvgIpc) is 2.55. The molecule has 0 fully saturated rings. The third-order valence-electron chi connectivity index (χ3n) is 3.97. The number of pyridine rings is 1. The molecule has 0 spiro atoms. The van der Waals surface area contributed by atoms with E-state index in [4.69, 9.17) is 16.3 Å². The molecule has 1 amide bonds. The second-order valence-electron chi connectivity index (χ2n) is 6.04. The van der Waals surface area contributed by atoms with E-state index < -0.39 is 0 Å². The normalized spacial score (nSPS) is 14.0. The van der Waals surface area contributed by atoms with Crippen LogP contribution in [0.5, 0.6) is 5.75 Å². The Bertz CT molecular complexity index is 749. The molecule has 0 atom stereocenters. The van der Waals surface area contributed by atoms with Gasteiger partial charge in [-0.15, -0.1) is 0 Å². The zero-order valence-electron chi connectivity index (χ0n) is 13.8. The van der Waals surface area contributed by atoms with Crippen LogP contribution >= 0.6 is 11.6 Å². The molecule has 0 unspecified atom stereocenters. The van der Waals surface area contributed by atoms with Crippen molar-refractivity contribution in [1.29, 1.82) is 0 Å². The van der Waals surface area contributed by atoms with Gasteiger partial charge in [-0.3, -0.25) is 9.78 Å². The first-order valence-electron chi connectivity index (χ1n) is 7.87. The Balaban J connectivity index is 1.77. The van der Waals surface area contributed by atoms with E-state index in [2.05, 4.69) is 4.98 Å². The molecule has 0 bridgehead atoms. The molecule has 3 rings (SSSR count). The van der Waals surface area contributed by atoms with Gasteiger partial charge >= 0.3 is 0 Å². The maximum atomic E-state index is 12.8. The first-order chi connectivity index (χ1) is 11.5.